The molecule has 0 amide bonds. The Morgan fingerprint density at radius 3 is 2.33 bits per heavy atom. The van der Waals surface area contributed by atoms with Gasteiger partial charge < -0.3 is 10.5 Å². The van der Waals surface area contributed by atoms with Gasteiger partial charge in [0.1, 0.15) is 0 Å². The summed E-state index contributed by atoms with van der Waals surface area (Å²) in [4.78, 5) is 0. The zero-order valence-electron chi connectivity index (χ0n) is 11.0. The van der Waals surface area contributed by atoms with Crippen LogP contribution in [0, 0.1) is 11.6 Å². The maximum Gasteiger partial charge on any atom is 0.190 e. The van der Waals surface area contributed by atoms with Gasteiger partial charge in [0.25, 0.3) is 0 Å². The molecule has 0 fully saturated rings. The fraction of sp³-hybridized carbons (Fsp3) is 0.571. The van der Waals surface area contributed by atoms with Crippen LogP contribution in [0.3, 0.4) is 0 Å². The topological polar surface area (TPSA) is 35.2 Å². The van der Waals surface area contributed by atoms with Crippen LogP contribution in [-0.4, -0.2) is 12.6 Å². The summed E-state index contributed by atoms with van der Waals surface area (Å²) in [7, 11) is 0. The lowest BCUT2D eigenvalue weighted by molar-refractivity contribution is 0.278. The SMILES string of the molecule is CCCCOc1c(F)cc(CC(N)CC)cc1F. The van der Waals surface area contributed by atoms with E-state index in [9.17, 15) is 8.78 Å². The maximum atomic E-state index is 13.7. The molecule has 18 heavy (non-hydrogen) atoms. The van der Waals surface area contributed by atoms with E-state index in [2.05, 4.69) is 0 Å². The molecular weight excluding hydrogens is 236 g/mol. The molecule has 0 aliphatic carbocycles. The van der Waals surface area contributed by atoms with Crippen molar-refractivity contribution in [3.63, 3.8) is 0 Å². The Bertz CT molecular complexity index is 359. The Morgan fingerprint density at radius 1 is 1.22 bits per heavy atom. The van der Waals surface area contributed by atoms with Gasteiger partial charge in [-0.15, -0.1) is 0 Å². The first-order chi connectivity index (χ1) is 8.58. The molecule has 1 rings (SSSR count). The van der Waals surface area contributed by atoms with E-state index in [0.29, 0.717) is 18.6 Å². The molecule has 1 atom stereocenters. The zero-order valence-corrected chi connectivity index (χ0v) is 11.0. The van der Waals surface area contributed by atoms with Crippen molar-refractivity contribution in [1.82, 2.24) is 0 Å². The first-order valence-electron chi connectivity index (χ1n) is 6.44. The molecule has 1 aromatic rings. The zero-order chi connectivity index (χ0) is 13.5. The molecule has 0 aliphatic heterocycles. The summed E-state index contributed by atoms with van der Waals surface area (Å²) in [5.74, 6) is -1.58. The van der Waals surface area contributed by atoms with Crippen LogP contribution in [0.15, 0.2) is 12.1 Å². The van der Waals surface area contributed by atoms with Crippen molar-refractivity contribution in [2.75, 3.05) is 6.61 Å². The lowest BCUT2D eigenvalue weighted by atomic mass is 10.0. The van der Waals surface area contributed by atoms with Crippen LogP contribution >= 0.6 is 0 Å². The van der Waals surface area contributed by atoms with Crippen molar-refractivity contribution in [1.29, 1.82) is 0 Å². The standard InChI is InChI=1S/C14H21F2NO/c1-3-5-6-18-14-12(15)8-10(9-13(14)16)7-11(17)4-2/h8-9,11H,3-7,17H2,1-2H3. The van der Waals surface area contributed by atoms with E-state index >= 15 is 0 Å². The number of benzene rings is 1. The van der Waals surface area contributed by atoms with Gasteiger partial charge in [0.05, 0.1) is 6.61 Å². The first kappa shape index (κ1) is 14.9. The third-order valence-electron chi connectivity index (χ3n) is 2.82. The number of unbranched alkanes of at least 4 members (excludes halogenated alkanes) is 1. The Labute approximate surface area is 107 Å². The van der Waals surface area contributed by atoms with Crippen molar-refractivity contribution in [2.45, 2.75) is 45.6 Å². The minimum atomic E-state index is -0.649. The molecular formula is C14H21F2NO. The first-order valence-corrected chi connectivity index (χ1v) is 6.44. The number of nitrogens with two attached hydrogens (primary N) is 1. The quantitative estimate of drug-likeness (QED) is 0.760. The number of hydrogen-bond donors (Lipinski definition) is 1. The normalized spacial score (nSPS) is 12.5. The molecule has 1 unspecified atom stereocenters. The molecule has 0 bridgehead atoms. The highest BCUT2D eigenvalue weighted by molar-refractivity contribution is 5.31. The van der Waals surface area contributed by atoms with Gasteiger partial charge in [0.15, 0.2) is 17.4 Å². The second kappa shape index (κ2) is 7.31. The Balaban J connectivity index is 2.77. The van der Waals surface area contributed by atoms with Crippen molar-refractivity contribution in [3.05, 3.63) is 29.3 Å². The van der Waals surface area contributed by atoms with E-state index in [-0.39, 0.29) is 11.8 Å². The van der Waals surface area contributed by atoms with Gasteiger partial charge in [-0.2, -0.15) is 0 Å². The number of ether oxygens (including phenoxy) is 1. The van der Waals surface area contributed by atoms with E-state index < -0.39 is 11.6 Å². The summed E-state index contributed by atoms with van der Waals surface area (Å²) in [5, 5.41) is 0. The Morgan fingerprint density at radius 2 is 1.83 bits per heavy atom. The van der Waals surface area contributed by atoms with Gasteiger partial charge >= 0.3 is 0 Å². The molecule has 0 saturated heterocycles. The highest BCUT2D eigenvalue weighted by atomic mass is 19.1. The van der Waals surface area contributed by atoms with Crippen molar-refractivity contribution in [3.8, 4) is 5.75 Å². The molecule has 0 spiro atoms. The fourth-order valence-electron chi connectivity index (χ4n) is 1.63. The highest BCUT2D eigenvalue weighted by Gasteiger charge is 2.13. The Kier molecular flexibility index (Phi) is 6.05. The van der Waals surface area contributed by atoms with Crippen LogP contribution < -0.4 is 10.5 Å². The van der Waals surface area contributed by atoms with E-state index in [4.69, 9.17) is 10.5 Å². The smallest absolute Gasteiger partial charge is 0.190 e. The molecule has 0 aromatic heterocycles. The largest absolute Gasteiger partial charge is 0.488 e. The van der Waals surface area contributed by atoms with Crippen LogP contribution in [0.2, 0.25) is 0 Å². The van der Waals surface area contributed by atoms with Crippen LogP contribution in [0.25, 0.3) is 0 Å². The van der Waals surface area contributed by atoms with Crippen molar-refractivity contribution < 1.29 is 13.5 Å². The van der Waals surface area contributed by atoms with Gasteiger partial charge in [-0.3, -0.25) is 0 Å². The second-order valence-electron chi connectivity index (χ2n) is 4.46. The number of hydrogen-bond acceptors (Lipinski definition) is 2. The maximum absolute atomic E-state index is 13.7. The molecule has 0 heterocycles. The minimum Gasteiger partial charge on any atom is -0.488 e. The van der Waals surface area contributed by atoms with E-state index in [1.807, 2.05) is 13.8 Å². The number of halogens is 2. The third kappa shape index (κ3) is 4.26. The van der Waals surface area contributed by atoms with E-state index in [1.165, 1.54) is 12.1 Å². The molecule has 102 valence electrons. The predicted octanol–water partition coefficient (Wildman–Crippen LogP) is 3.42. The van der Waals surface area contributed by atoms with Crippen LogP contribution in [0.4, 0.5) is 8.78 Å². The lowest BCUT2D eigenvalue weighted by Gasteiger charge is -2.12. The average molecular weight is 257 g/mol. The molecule has 0 saturated carbocycles. The summed E-state index contributed by atoms with van der Waals surface area (Å²) in [6, 6.07) is 2.54. The monoisotopic (exact) mass is 257 g/mol. The predicted molar refractivity (Wildman–Crippen MR) is 68.7 cm³/mol. The van der Waals surface area contributed by atoms with Gasteiger partial charge in [0, 0.05) is 6.04 Å². The highest BCUT2D eigenvalue weighted by Crippen LogP contribution is 2.24. The van der Waals surface area contributed by atoms with Crippen LogP contribution in [-0.2, 0) is 6.42 Å². The van der Waals surface area contributed by atoms with Gasteiger partial charge in [0.2, 0.25) is 0 Å². The Hall–Kier alpha value is -1.16. The summed E-state index contributed by atoms with van der Waals surface area (Å²) < 4.78 is 32.5. The molecule has 4 heteroatoms. The van der Waals surface area contributed by atoms with Crippen LogP contribution in [0.5, 0.6) is 5.75 Å². The minimum absolute atomic E-state index is 0.0735. The summed E-state index contributed by atoms with van der Waals surface area (Å²) in [6.07, 6.45) is 2.95. The second-order valence-corrected chi connectivity index (χ2v) is 4.46. The molecule has 1 aromatic carbocycles. The fourth-order valence-corrected chi connectivity index (χ4v) is 1.63. The van der Waals surface area contributed by atoms with Crippen LogP contribution in [0.1, 0.15) is 38.7 Å². The van der Waals surface area contributed by atoms with E-state index in [1.54, 1.807) is 0 Å². The number of rotatable bonds is 7. The third-order valence-corrected chi connectivity index (χ3v) is 2.82. The molecule has 2 nitrogen and oxygen atoms in total. The molecule has 0 aliphatic rings. The van der Waals surface area contributed by atoms with Crippen molar-refractivity contribution >= 4 is 0 Å². The molecule has 0 radical (unpaired) electrons. The van der Waals surface area contributed by atoms with Gasteiger partial charge in [-0.05, 0) is 37.0 Å². The van der Waals surface area contributed by atoms with Gasteiger partial charge in [-0.25, -0.2) is 8.78 Å². The van der Waals surface area contributed by atoms with Gasteiger partial charge in [-0.1, -0.05) is 20.3 Å². The average Bonchev–Trinajstić information content (AvgIpc) is 2.32. The summed E-state index contributed by atoms with van der Waals surface area (Å²) in [5.41, 5.74) is 6.34. The van der Waals surface area contributed by atoms with E-state index in [0.717, 1.165) is 19.3 Å². The van der Waals surface area contributed by atoms with Crippen molar-refractivity contribution in [2.24, 2.45) is 5.73 Å². The summed E-state index contributed by atoms with van der Waals surface area (Å²) in [6.45, 7) is 4.27. The summed E-state index contributed by atoms with van der Waals surface area (Å²) >= 11 is 0. The lowest BCUT2D eigenvalue weighted by Crippen LogP contribution is -2.21. The molecule has 2 N–H and O–H groups in total.